The van der Waals surface area contributed by atoms with Crippen LogP contribution in [0.3, 0.4) is 0 Å². The summed E-state index contributed by atoms with van der Waals surface area (Å²) >= 11 is 0. The van der Waals surface area contributed by atoms with Crippen molar-refractivity contribution < 1.29 is 9.90 Å². The minimum atomic E-state index is -0.748. The van der Waals surface area contributed by atoms with E-state index in [-0.39, 0.29) is 0 Å². The monoisotopic (exact) mass is 172 g/mol. The summed E-state index contributed by atoms with van der Waals surface area (Å²) in [6.07, 6.45) is 0. The molecule has 3 N–H and O–H groups in total. The van der Waals surface area contributed by atoms with E-state index in [1.165, 1.54) is 0 Å². The van der Waals surface area contributed by atoms with Gasteiger partial charge in [-0.2, -0.15) is 0 Å². The molecular formula is C8H16N2O2. The third-order valence-electron chi connectivity index (χ3n) is 2.11. The van der Waals surface area contributed by atoms with Crippen LogP contribution in [-0.2, 0) is 4.79 Å². The largest absolute Gasteiger partial charge is 0.480 e. The van der Waals surface area contributed by atoms with Gasteiger partial charge in [0.05, 0.1) is 0 Å². The Kier molecular flexibility index (Phi) is 2.69. The van der Waals surface area contributed by atoms with E-state index in [2.05, 4.69) is 24.5 Å². The van der Waals surface area contributed by atoms with Gasteiger partial charge in [0.15, 0.2) is 0 Å². The molecule has 1 rings (SSSR count). The lowest BCUT2D eigenvalue weighted by Gasteiger charge is -2.39. The Bertz CT molecular complexity index is 176. The third kappa shape index (κ3) is 1.76. The molecule has 0 aliphatic carbocycles. The van der Waals surface area contributed by atoms with Gasteiger partial charge in [-0.1, -0.05) is 13.8 Å². The predicted octanol–water partition coefficient (Wildman–Crippen LogP) is -0.341. The second-order valence-electron chi connectivity index (χ2n) is 3.77. The second kappa shape index (κ2) is 3.41. The lowest BCUT2D eigenvalue weighted by atomic mass is 9.92. The summed E-state index contributed by atoms with van der Waals surface area (Å²) in [5.74, 6) is -0.260. The van der Waals surface area contributed by atoms with Crippen LogP contribution >= 0.6 is 0 Å². The quantitative estimate of drug-likeness (QED) is 0.543. The van der Waals surface area contributed by atoms with Crippen LogP contribution in [-0.4, -0.2) is 36.2 Å². The van der Waals surface area contributed by atoms with Gasteiger partial charge in [0.2, 0.25) is 0 Å². The molecular weight excluding hydrogens is 156 g/mol. The van der Waals surface area contributed by atoms with Crippen molar-refractivity contribution in [3.8, 4) is 0 Å². The van der Waals surface area contributed by atoms with E-state index in [4.69, 9.17) is 5.11 Å². The molecule has 0 saturated carbocycles. The van der Waals surface area contributed by atoms with Gasteiger partial charge in [0, 0.05) is 13.1 Å². The van der Waals surface area contributed by atoms with Crippen molar-refractivity contribution in [2.45, 2.75) is 19.4 Å². The molecule has 0 unspecified atom stereocenters. The zero-order chi connectivity index (χ0) is 9.19. The molecule has 4 heteroatoms. The number of carboxylic acid groups (broad SMARTS) is 1. The molecule has 12 heavy (non-hydrogen) atoms. The van der Waals surface area contributed by atoms with E-state index in [0.717, 1.165) is 6.54 Å². The molecule has 1 saturated heterocycles. The first-order chi connectivity index (χ1) is 5.57. The number of aliphatic carboxylic acids is 1. The summed E-state index contributed by atoms with van der Waals surface area (Å²) in [5, 5.41) is 14.9. The second-order valence-corrected chi connectivity index (χ2v) is 3.77. The highest BCUT2D eigenvalue weighted by molar-refractivity contribution is 5.81. The number of hydrogen-bond donors (Lipinski definition) is 3. The average Bonchev–Trinajstić information content (AvgIpc) is 1.83. The lowest BCUT2D eigenvalue weighted by molar-refractivity contribution is -0.147. The molecule has 0 spiro atoms. The number of nitrogens with one attached hydrogen (secondary N) is 2. The Morgan fingerprint density at radius 3 is 2.50 bits per heavy atom. The lowest BCUT2D eigenvalue weighted by Crippen LogP contribution is -2.72. The average molecular weight is 172 g/mol. The molecule has 1 heterocycles. The molecule has 0 bridgehead atoms. The van der Waals surface area contributed by atoms with Gasteiger partial charge in [-0.05, 0) is 12.5 Å². The topological polar surface area (TPSA) is 61.4 Å². The minimum absolute atomic E-state index is 0.488. The molecule has 0 amide bonds. The first-order valence-electron chi connectivity index (χ1n) is 4.26. The van der Waals surface area contributed by atoms with Gasteiger partial charge >= 0.3 is 5.97 Å². The number of hydrogen-bond acceptors (Lipinski definition) is 3. The Balaban J connectivity index is 2.40. The van der Waals surface area contributed by atoms with Crippen molar-refractivity contribution in [3.63, 3.8) is 0 Å². The van der Waals surface area contributed by atoms with Crippen LogP contribution in [0.1, 0.15) is 13.8 Å². The van der Waals surface area contributed by atoms with Gasteiger partial charge < -0.3 is 10.4 Å². The van der Waals surface area contributed by atoms with Crippen LogP contribution in [0.4, 0.5) is 0 Å². The molecule has 70 valence electrons. The highest BCUT2D eigenvalue weighted by atomic mass is 16.4. The van der Waals surface area contributed by atoms with Crippen LogP contribution in [0.5, 0.6) is 0 Å². The van der Waals surface area contributed by atoms with Crippen molar-refractivity contribution in [3.05, 3.63) is 0 Å². The predicted molar refractivity (Wildman–Crippen MR) is 46.1 cm³/mol. The van der Waals surface area contributed by atoms with Crippen molar-refractivity contribution >= 4 is 5.97 Å². The van der Waals surface area contributed by atoms with Crippen LogP contribution < -0.4 is 10.6 Å². The number of carboxylic acids is 1. The van der Waals surface area contributed by atoms with Crippen LogP contribution in [0.25, 0.3) is 0 Å². The minimum Gasteiger partial charge on any atom is -0.480 e. The van der Waals surface area contributed by atoms with Crippen LogP contribution in [0.15, 0.2) is 0 Å². The van der Waals surface area contributed by atoms with Gasteiger partial charge in [-0.3, -0.25) is 10.1 Å². The molecule has 1 aliphatic heterocycles. The van der Waals surface area contributed by atoms with E-state index in [9.17, 15) is 4.79 Å². The smallest absolute Gasteiger partial charge is 0.326 e. The summed E-state index contributed by atoms with van der Waals surface area (Å²) in [4.78, 5) is 10.8. The zero-order valence-electron chi connectivity index (χ0n) is 7.55. The maximum atomic E-state index is 10.8. The highest BCUT2D eigenvalue weighted by Gasteiger charge is 2.43. The number of rotatable bonds is 4. The van der Waals surface area contributed by atoms with Crippen LogP contribution in [0, 0.1) is 5.92 Å². The van der Waals surface area contributed by atoms with E-state index in [1.807, 2.05) is 0 Å². The Hall–Kier alpha value is -0.610. The fourth-order valence-corrected chi connectivity index (χ4v) is 1.13. The summed E-state index contributed by atoms with van der Waals surface area (Å²) in [6.45, 7) is 5.96. The number of carbonyl (C=O) groups is 1. The SMILES string of the molecule is CC(C)CNC1(C(=O)O)CNC1. The Morgan fingerprint density at radius 1 is 1.67 bits per heavy atom. The highest BCUT2D eigenvalue weighted by Crippen LogP contribution is 2.11. The molecule has 0 atom stereocenters. The first-order valence-corrected chi connectivity index (χ1v) is 4.26. The molecule has 0 aromatic rings. The zero-order valence-corrected chi connectivity index (χ0v) is 7.55. The van der Waals surface area contributed by atoms with E-state index in [1.54, 1.807) is 0 Å². The van der Waals surface area contributed by atoms with Crippen molar-refractivity contribution in [1.29, 1.82) is 0 Å². The fraction of sp³-hybridized carbons (Fsp3) is 0.875. The molecule has 1 fully saturated rings. The summed E-state index contributed by atoms with van der Waals surface area (Å²) in [7, 11) is 0. The molecule has 0 radical (unpaired) electrons. The third-order valence-corrected chi connectivity index (χ3v) is 2.11. The molecule has 0 aromatic carbocycles. The summed E-state index contributed by atoms with van der Waals surface area (Å²) in [6, 6.07) is 0. The van der Waals surface area contributed by atoms with E-state index in [0.29, 0.717) is 19.0 Å². The van der Waals surface area contributed by atoms with Crippen molar-refractivity contribution in [2.24, 2.45) is 5.92 Å². The fourth-order valence-electron chi connectivity index (χ4n) is 1.13. The summed E-state index contributed by atoms with van der Waals surface area (Å²) < 4.78 is 0. The molecule has 4 nitrogen and oxygen atoms in total. The van der Waals surface area contributed by atoms with Crippen molar-refractivity contribution in [1.82, 2.24) is 10.6 Å². The van der Waals surface area contributed by atoms with Crippen molar-refractivity contribution in [2.75, 3.05) is 19.6 Å². The molecule has 1 aliphatic rings. The first kappa shape index (κ1) is 9.48. The van der Waals surface area contributed by atoms with Gasteiger partial charge in [0.1, 0.15) is 5.54 Å². The Labute approximate surface area is 72.3 Å². The van der Waals surface area contributed by atoms with Gasteiger partial charge in [-0.25, -0.2) is 0 Å². The van der Waals surface area contributed by atoms with Gasteiger partial charge in [0.25, 0.3) is 0 Å². The molecule has 0 aromatic heterocycles. The van der Waals surface area contributed by atoms with Crippen LogP contribution in [0.2, 0.25) is 0 Å². The standard InChI is InChI=1S/C8H16N2O2/c1-6(2)3-10-8(7(11)12)4-9-5-8/h6,9-10H,3-5H2,1-2H3,(H,11,12). The maximum Gasteiger partial charge on any atom is 0.326 e. The maximum absolute atomic E-state index is 10.8. The van der Waals surface area contributed by atoms with Gasteiger partial charge in [-0.15, -0.1) is 0 Å². The normalized spacial score (nSPS) is 20.6. The van der Waals surface area contributed by atoms with E-state index >= 15 is 0 Å². The Morgan fingerprint density at radius 2 is 2.25 bits per heavy atom. The summed E-state index contributed by atoms with van der Waals surface area (Å²) in [5.41, 5.74) is -0.690. The van der Waals surface area contributed by atoms with E-state index < -0.39 is 11.5 Å².